The molecule has 1 aromatic heterocycles. The second-order valence-corrected chi connectivity index (χ2v) is 8.14. The van der Waals surface area contributed by atoms with E-state index >= 15 is 0 Å². The van der Waals surface area contributed by atoms with Gasteiger partial charge in [0, 0.05) is 36.9 Å². The van der Waals surface area contributed by atoms with E-state index in [0.29, 0.717) is 0 Å². The highest BCUT2D eigenvalue weighted by atomic mass is 16.5. The van der Waals surface area contributed by atoms with Crippen LogP contribution in [-0.2, 0) is 19.6 Å². The van der Waals surface area contributed by atoms with Crippen LogP contribution in [-0.4, -0.2) is 31.1 Å². The number of benzene rings is 3. The van der Waals surface area contributed by atoms with Crippen LogP contribution < -0.4 is 9.64 Å². The zero-order chi connectivity index (χ0) is 21.6. The Labute approximate surface area is 184 Å². The second-order valence-electron chi connectivity index (χ2n) is 8.14. The molecule has 0 saturated carbocycles. The van der Waals surface area contributed by atoms with Crippen LogP contribution in [0.25, 0.3) is 10.9 Å². The number of ether oxygens (including phenoxy) is 1. The maximum absolute atomic E-state index is 5.43. The highest BCUT2D eigenvalue weighted by Crippen LogP contribution is 2.24. The largest absolute Gasteiger partial charge is 0.497 e. The molecule has 0 unspecified atom stereocenters. The van der Waals surface area contributed by atoms with Crippen molar-refractivity contribution in [2.45, 2.75) is 19.6 Å². The van der Waals surface area contributed by atoms with Crippen molar-refractivity contribution in [1.82, 2.24) is 9.88 Å². The summed E-state index contributed by atoms with van der Waals surface area (Å²) >= 11 is 0. The molecule has 0 aliphatic carbocycles. The van der Waals surface area contributed by atoms with Gasteiger partial charge in [0.25, 0.3) is 0 Å². The van der Waals surface area contributed by atoms with E-state index in [4.69, 9.17) is 4.74 Å². The lowest BCUT2D eigenvalue weighted by atomic mass is 10.1. The number of rotatable bonds is 8. The van der Waals surface area contributed by atoms with Gasteiger partial charge in [0.1, 0.15) is 5.75 Å². The van der Waals surface area contributed by atoms with Crippen molar-refractivity contribution in [2.24, 2.45) is 0 Å². The first-order chi connectivity index (χ1) is 15.1. The zero-order valence-corrected chi connectivity index (χ0v) is 18.5. The van der Waals surface area contributed by atoms with Gasteiger partial charge in [-0.3, -0.25) is 4.98 Å². The van der Waals surface area contributed by atoms with Gasteiger partial charge in [-0.05, 0) is 67.2 Å². The van der Waals surface area contributed by atoms with Crippen molar-refractivity contribution in [3.8, 4) is 5.75 Å². The number of fused-ring (bicyclic) bond motifs is 1. The van der Waals surface area contributed by atoms with Crippen LogP contribution >= 0.6 is 0 Å². The average Bonchev–Trinajstić information content (AvgIpc) is 2.79. The third-order valence-corrected chi connectivity index (χ3v) is 5.35. The van der Waals surface area contributed by atoms with Crippen LogP contribution in [0.2, 0.25) is 0 Å². The Morgan fingerprint density at radius 2 is 1.48 bits per heavy atom. The Morgan fingerprint density at radius 3 is 2.23 bits per heavy atom. The molecule has 4 aromatic rings. The van der Waals surface area contributed by atoms with Crippen molar-refractivity contribution in [2.75, 3.05) is 26.1 Å². The summed E-state index contributed by atoms with van der Waals surface area (Å²) in [6.45, 7) is 2.54. The maximum Gasteiger partial charge on any atom is 0.119 e. The Kier molecular flexibility index (Phi) is 6.48. The van der Waals surface area contributed by atoms with Crippen molar-refractivity contribution in [3.05, 3.63) is 102 Å². The van der Waals surface area contributed by atoms with E-state index in [1.165, 1.54) is 27.8 Å². The Balaban J connectivity index is 1.63. The molecular formula is C27H29N3O. The highest BCUT2D eigenvalue weighted by Gasteiger charge is 2.11. The SMILES string of the molecule is COc1cccc(CN(Cc2ccc3cccnc3c2)c2ccc(CN(C)C)cc2)c1. The van der Waals surface area contributed by atoms with E-state index in [0.717, 1.165) is 30.9 Å². The summed E-state index contributed by atoms with van der Waals surface area (Å²) in [5.41, 5.74) is 6.00. The molecule has 0 radical (unpaired) electrons. The lowest BCUT2D eigenvalue weighted by molar-refractivity contribution is 0.402. The van der Waals surface area contributed by atoms with Crippen molar-refractivity contribution >= 4 is 16.6 Å². The summed E-state index contributed by atoms with van der Waals surface area (Å²) in [6.07, 6.45) is 1.85. The Bertz CT molecular complexity index is 1140. The molecule has 0 N–H and O–H groups in total. The molecule has 0 bridgehead atoms. The lowest BCUT2D eigenvalue weighted by Gasteiger charge is -2.26. The number of aromatic nitrogens is 1. The van der Waals surface area contributed by atoms with Gasteiger partial charge < -0.3 is 14.5 Å². The smallest absolute Gasteiger partial charge is 0.119 e. The lowest BCUT2D eigenvalue weighted by Crippen LogP contribution is -2.22. The summed E-state index contributed by atoms with van der Waals surface area (Å²) < 4.78 is 5.43. The van der Waals surface area contributed by atoms with Gasteiger partial charge in [-0.15, -0.1) is 0 Å². The van der Waals surface area contributed by atoms with Crippen LogP contribution in [0.5, 0.6) is 5.75 Å². The third kappa shape index (κ3) is 5.41. The molecule has 0 amide bonds. The number of methoxy groups -OCH3 is 1. The molecule has 0 fully saturated rings. The molecule has 1 heterocycles. The van der Waals surface area contributed by atoms with Gasteiger partial charge >= 0.3 is 0 Å². The predicted octanol–water partition coefficient (Wildman–Crippen LogP) is 5.51. The molecule has 4 nitrogen and oxygen atoms in total. The fourth-order valence-corrected chi connectivity index (χ4v) is 3.84. The summed E-state index contributed by atoms with van der Waals surface area (Å²) in [5.74, 6) is 0.883. The fraction of sp³-hybridized carbons (Fsp3) is 0.222. The monoisotopic (exact) mass is 411 g/mol. The van der Waals surface area contributed by atoms with Gasteiger partial charge in [0.15, 0.2) is 0 Å². The molecule has 0 aliphatic rings. The zero-order valence-electron chi connectivity index (χ0n) is 18.5. The number of nitrogens with zero attached hydrogens (tertiary/aromatic N) is 3. The minimum Gasteiger partial charge on any atom is -0.497 e. The molecule has 158 valence electrons. The Hall–Kier alpha value is -3.37. The number of hydrogen-bond donors (Lipinski definition) is 0. The van der Waals surface area contributed by atoms with Crippen LogP contribution in [0.15, 0.2) is 85.1 Å². The normalized spacial score (nSPS) is 11.1. The first-order valence-electron chi connectivity index (χ1n) is 10.6. The van der Waals surface area contributed by atoms with Gasteiger partial charge in [0.05, 0.1) is 12.6 Å². The molecule has 4 rings (SSSR count). The summed E-state index contributed by atoms with van der Waals surface area (Å²) in [7, 11) is 5.90. The molecule has 31 heavy (non-hydrogen) atoms. The molecule has 4 heteroatoms. The molecule has 0 saturated heterocycles. The van der Waals surface area contributed by atoms with Crippen LogP contribution in [0.1, 0.15) is 16.7 Å². The molecule has 0 spiro atoms. The van der Waals surface area contributed by atoms with E-state index in [9.17, 15) is 0 Å². The fourth-order valence-electron chi connectivity index (χ4n) is 3.84. The highest BCUT2D eigenvalue weighted by molar-refractivity contribution is 5.79. The van der Waals surface area contributed by atoms with E-state index in [2.05, 4.69) is 89.5 Å². The predicted molar refractivity (Wildman–Crippen MR) is 128 cm³/mol. The second kappa shape index (κ2) is 9.63. The van der Waals surface area contributed by atoms with Crippen LogP contribution in [0.3, 0.4) is 0 Å². The van der Waals surface area contributed by atoms with E-state index in [1.807, 2.05) is 24.4 Å². The van der Waals surface area contributed by atoms with E-state index in [1.54, 1.807) is 7.11 Å². The summed E-state index contributed by atoms with van der Waals surface area (Å²) in [5, 5.41) is 1.17. The molecule has 0 atom stereocenters. The minimum absolute atomic E-state index is 0.796. The summed E-state index contributed by atoms with van der Waals surface area (Å²) in [6, 6.07) is 27.8. The molecular weight excluding hydrogens is 382 g/mol. The van der Waals surface area contributed by atoms with Crippen molar-refractivity contribution in [3.63, 3.8) is 0 Å². The van der Waals surface area contributed by atoms with Crippen LogP contribution in [0, 0.1) is 0 Å². The summed E-state index contributed by atoms with van der Waals surface area (Å²) in [4.78, 5) is 9.11. The first-order valence-corrected chi connectivity index (χ1v) is 10.6. The Morgan fingerprint density at radius 1 is 0.742 bits per heavy atom. The van der Waals surface area contributed by atoms with Crippen molar-refractivity contribution in [1.29, 1.82) is 0 Å². The number of hydrogen-bond acceptors (Lipinski definition) is 4. The quantitative estimate of drug-likeness (QED) is 0.382. The van der Waals surface area contributed by atoms with Gasteiger partial charge in [-0.2, -0.15) is 0 Å². The van der Waals surface area contributed by atoms with Gasteiger partial charge in [-0.25, -0.2) is 0 Å². The topological polar surface area (TPSA) is 28.6 Å². The van der Waals surface area contributed by atoms with E-state index in [-0.39, 0.29) is 0 Å². The standard InChI is InChI=1S/C27H29N3O/c1-29(2)18-21-10-13-25(14-11-21)30(19-22-6-4-8-26(16-22)31-3)20-23-9-12-24-7-5-15-28-27(24)17-23/h4-17H,18-20H2,1-3H3. The average molecular weight is 412 g/mol. The number of pyridine rings is 1. The maximum atomic E-state index is 5.43. The van der Waals surface area contributed by atoms with E-state index < -0.39 is 0 Å². The van der Waals surface area contributed by atoms with Gasteiger partial charge in [0.2, 0.25) is 0 Å². The number of anilines is 1. The minimum atomic E-state index is 0.796. The van der Waals surface area contributed by atoms with Crippen molar-refractivity contribution < 1.29 is 4.74 Å². The molecule has 3 aromatic carbocycles. The first kappa shape index (κ1) is 20.9. The third-order valence-electron chi connectivity index (χ3n) is 5.35. The van der Waals surface area contributed by atoms with Crippen LogP contribution in [0.4, 0.5) is 5.69 Å². The van der Waals surface area contributed by atoms with Gasteiger partial charge in [-0.1, -0.05) is 42.5 Å². The molecule has 0 aliphatic heterocycles.